The Morgan fingerprint density at radius 2 is 1.61 bits per heavy atom. The minimum Gasteiger partial charge on any atom is -0.490 e. The van der Waals surface area contributed by atoms with Gasteiger partial charge in [-0.3, -0.25) is 9.78 Å². The first-order chi connectivity index (χ1) is 18.1. The number of hydrogen-bond acceptors (Lipinski definition) is 5. The minimum atomic E-state index is -5.10. The normalized spacial score (nSPS) is 25.6. The van der Waals surface area contributed by atoms with Gasteiger partial charge in [-0.1, -0.05) is 64.2 Å². The van der Waals surface area contributed by atoms with Gasteiger partial charge in [-0.2, -0.15) is 13.2 Å². The Morgan fingerprint density at radius 1 is 1.05 bits per heavy atom. The summed E-state index contributed by atoms with van der Waals surface area (Å²) in [6, 6.07) is 1.16. The number of pyridine rings is 1. The number of nitrogens with zero attached hydrogens (tertiary/aromatic N) is 1. The van der Waals surface area contributed by atoms with Gasteiger partial charge in [0.25, 0.3) is 0 Å². The van der Waals surface area contributed by atoms with Gasteiger partial charge in [0.1, 0.15) is 18.6 Å². The summed E-state index contributed by atoms with van der Waals surface area (Å²) in [5, 5.41) is 13.7. The van der Waals surface area contributed by atoms with Crippen molar-refractivity contribution in [2.75, 3.05) is 13.2 Å². The van der Waals surface area contributed by atoms with Crippen LogP contribution in [0, 0.1) is 5.92 Å². The van der Waals surface area contributed by atoms with Crippen LogP contribution in [0.3, 0.4) is 0 Å². The summed E-state index contributed by atoms with van der Waals surface area (Å²) < 4.78 is 49.6. The lowest BCUT2D eigenvalue weighted by molar-refractivity contribution is -0.265. The van der Waals surface area contributed by atoms with Crippen molar-refractivity contribution in [3.63, 3.8) is 0 Å². The molecule has 38 heavy (non-hydrogen) atoms. The van der Waals surface area contributed by atoms with Crippen LogP contribution < -0.4 is 10.1 Å². The van der Waals surface area contributed by atoms with Gasteiger partial charge in [-0.15, -0.1) is 0 Å². The third-order valence-corrected chi connectivity index (χ3v) is 8.77. The Kier molecular flexibility index (Phi) is 9.05. The first-order valence-electron chi connectivity index (χ1n) is 14.3. The van der Waals surface area contributed by atoms with E-state index in [9.17, 15) is 27.9 Å². The van der Waals surface area contributed by atoms with Gasteiger partial charge in [-0.05, 0) is 38.7 Å². The number of alkyl halides is 3. The number of nitrogens with one attached hydrogen (secondary N) is 1. The standard InChI is InChI=1S/C29H41F3N2O4/c1-27(18-35)19-38-25-22(27)16-23(34-24(25)20-12-8-6-7-9-13-20)28(37,29(30,31)32)17-33-26(36)21-14-10-4-2-3-5-11-15-21/h16,18,20-21,37H,2-15,17,19H2,1H3,(H,33,36)/t27-,28?/m0/s1. The smallest absolute Gasteiger partial charge is 0.424 e. The number of aldehydes is 1. The summed E-state index contributed by atoms with van der Waals surface area (Å²) >= 11 is 0. The Bertz CT molecular complexity index is 983. The van der Waals surface area contributed by atoms with Gasteiger partial charge >= 0.3 is 6.18 Å². The number of amides is 1. The van der Waals surface area contributed by atoms with E-state index in [-0.39, 0.29) is 18.4 Å². The van der Waals surface area contributed by atoms with Gasteiger partial charge in [-0.25, -0.2) is 0 Å². The number of fused-ring (bicyclic) bond motifs is 1. The molecule has 2 fully saturated rings. The molecule has 1 aromatic rings. The van der Waals surface area contributed by atoms with Gasteiger partial charge in [0.05, 0.1) is 23.3 Å². The Labute approximate surface area is 223 Å². The van der Waals surface area contributed by atoms with E-state index in [0.29, 0.717) is 36.1 Å². The van der Waals surface area contributed by atoms with Crippen molar-refractivity contribution in [2.45, 2.75) is 120 Å². The van der Waals surface area contributed by atoms with Crippen LogP contribution in [0.15, 0.2) is 6.07 Å². The molecule has 2 N–H and O–H groups in total. The van der Waals surface area contributed by atoms with E-state index in [1.165, 1.54) is 0 Å². The van der Waals surface area contributed by atoms with Gasteiger partial charge in [0.15, 0.2) is 0 Å². The zero-order chi connectivity index (χ0) is 27.4. The van der Waals surface area contributed by atoms with Gasteiger partial charge < -0.3 is 20.0 Å². The maximum atomic E-state index is 14.6. The van der Waals surface area contributed by atoms with Crippen molar-refractivity contribution in [3.8, 4) is 5.75 Å². The molecule has 0 saturated heterocycles. The summed E-state index contributed by atoms with van der Waals surface area (Å²) in [6.45, 7) is 0.609. The molecular formula is C29H41F3N2O4. The first kappa shape index (κ1) is 28.8. The molecule has 1 aliphatic heterocycles. The predicted octanol–water partition coefficient (Wildman–Crippen LogP) is 5.99. The molecular weight excluding hydrogens is 497 g/mol. The van der Waals surface area contributed by atoms with Gasteiger partial charge in [0, 0.05) is 17.4 Å². The molecule has 2 aliphatic carbocycles. The number of ether oxygens (including phenoxy) is 1. The van der Waals surface area contributed by atoms with E-state index in [0.717, 1.165) is 83.1 Å². The third-order valence-electron chi connectivity index (χ3n) is 8.77. The molecule has 2 atom stereocenters. The third kappa shape index (κ3) is 6.02. The van der Waals surface area contributed by atoms with Crippen molar-refractivity contribution in [1.29, 1.82) is 0 Å². The highest BCUT2D eigenvalue weighted by atomic mass is 19.4. The summed E-state index contributed by atoms with van der Waals surface area (Å²) in [4.78, 5) is 29.4. The fourth-order valence-corrected chi connectivity index (χ4v) is 6.16. The predicted molar refractivity (Wildman–Crippen MR) is 137 cm³/mol. The maximum absolute atomic E-state index is 14.6. The van der Waals surface area contributed by atoms with E-state index in [1.54, 1.807) is 6.92 Å². The zero-order valence-corrected chi connectivity index (χ0v) is 22.4. The van der Waals surface area contributed by atoms with Gasteiger partial charge in [0.2, 0.25) is 11.5 Å². The van der Waals surface area contributed by atoms with Crippen LogP contribution in [-0.4, -0.2) is 41.6 Å². The molecule has 0 spiro atoms. The molecule has 1 amide bonds. The van der Waals surface area contributed by atoms with E-state index in [4.69, 9.17) is 4.74 Å². The Hall–Kier alpha value is -2.16. The fraction of sp³-hybridized carbons (Fsp3) is 0.759. The number of carbonyl (C=O) groups excluding carboxylic acids is 2. The van der Waals surface area contributed by atoms with E-state index < -0.39 is 35.3 Å². The highest BCUT2D eigenvalue weighted by molar-refractivity contribution is 5.78. The largest absolute Gasteiger partial charge is 0.490 e. The van der Waals surface area contributed by atoms with Crippen molar-refractivity contribution >= 4 is 12.2 Å². The molecule has 212 valence electrons. The monoisotopic (exact) mass is 538 g/mol. The van der Waals surface area contributed by atoms with Crippen LogP contribution in [0.25, 0.3) is 0 Å². The molecule has 2 heterocycles. The van der Waals surface area contributed by atoms with Crippen LogP contribution in [-0.2, 0) is 20.6 Å². The van der Waals surface area contributed by atoms with Crippen molar-refractivity contribution < 1.29 is 32.6 Å². The first-order valence-corrected chi connectivity index (χ1v) is 14.3. The number of aromatic nitrogens is 1. The molecule has 4 rings (SSSR count). The fourth-order valence-electron chi connectivity index (χ4n) is 6.16. The molecule has 0 bridgehead atoms. The maximum Gasteiger partial charge on any atom is 0.424 e. The van der Waals surface area contributed by atoms with Crippen LogP contribution in [0.4, 0.5) is 13.2 Å². The highest BCUT2D eigenvalue weighted by Crippen LogP contribution is 2.48. The second-order valence-corrected chi connectivity index (χ2v) is 11.8. The molecule has 2 saturated carbocycles. The molecule has 0 aromatic carbocycles. The summed E-state index contributed by atoms with van der Waals surface area (Å²) in [5.41, 5.74) is -4.42. The number of halogens is 3. The van der Waals surface area contributed by atoms with Crippen molar-refractivity contribution in [1.82, 2.24) is 10.3 Å². The van der Waals surface area contributed by atoms with E-state index >= 15 is 0 Å². The van der Waals surface area contributed by atoms with Crippen LogP contribution in [0.1, 0.15) is 120 Å². The number of carbonyl (C=O) groups is 2. The SMILES string of the molecule is C[C@]1(C=O)COc2c1cc(C(O)(CNC(=O)C1CCCCCCCC1)C(F)(F)F)nc2C1CCCCCC1. The molecule has 1 unspecified atom stereocenters. The van der Waals surface area contributed by atoms with Crippen molar-refractivity contribution in [3.05, 3.63) is 23.0 Å². The second-order valence-electron chi connectivity index (χ2n) is 11.8. The second kappa shape index (κ2) is 11.9. The van der Waals surface area contributed by atoms with Crippen molar-refractivity contribution in [2.24, 2.45) is 5.92 Å². The zero-order valence-electron chi connectivity index (χ0n) is 22.4. The summed E-state index contributed by atoms with van der Waals surface area (Å²) in [6.07, 6.45) is 8.28. The summed E-state index contributed by atoms with van der Waals surface area (Å²) in [7, 11) is 0. The molecule has 3 aliphatic rings. The number of rotatable bonds is 6. The lowest BCUT2D eigenvalue weighted by Crippen LogP contribution is -2.52. The molecule has 6 nitrogen and oxygen atoms in total. The molecule has 0 radical (unpaired) electrons. The average Bonchev–Trinajstić information content (AvgIpc) is 3.09. The Balaban J connectivity index is 1.68. The average molecular weight is 539 g/mol. The lowest BCUT2D eigenvalue weighted by Gasteiger charge is -2.32. The topological polar surface area (TPSA) is 88.5 Å². The van der Waals surface area contributed by atoms with Crippen LogP contribution in [0.2, 0.25) is 0 Å². The number of aliphatic hydroxyl groups is 1. The molecule has 1 aromatic heterocycles. The number of hydrogen-bond donors (Lipinski definition) is 2. The minimum absolute atomic E-state index is 0.0134. The molecule has 9 heteroatoms. The van der Waals surface area contributed by atoms with E-state index in [2.05, 4.69) is 10.3 Å². The quantitative estimate of drug-likeness (QED) is 0.343. The highest BCUT2D eigenvalue weighted by Gasteiger charge is 2.57. The van der Waals surface area contributed by atoms with Crippen LogP contribution >= 0.6 is 0 Å². The Morgan fingerprint density at radius 3 is 2.16 bits per heavy atom. The summed E-state index contributed by atoms with van der Waals surface area (Å²) in [5.74, 6) is -0.576. The lowest BCUT2D eigenvalue weighted by atomic mass is 9.82. The van der Waals surface area contributed by atoms with E-state index in [1.807, 2.05) is 0 Å². The van der Waals surface area contributed by atoms with Crippen LogP contribution in [0.5, 0.6) is 5.75 Å².